The van der Waals surface area contributed by atoms with Crippen molar-refractivity contribution in [3.63, 3.8) is 0 Å². The molecule has 0 aromatic heterocycles. The molecule has 4 heterocycles. The van der Waals surface area contributed by atoms with E-state index in [4.69, 9.17) is 18.9 Å². The summed E-state index contributed by atoms with van der Waals surface area (Å²) in [4.78, 5) is 44.1. The van der Waals surface area contributed by atoms with Gasteiger partial charge in [-0.15, -0.1) is 0 Å². The Hall–Kier alpha value is -4.83. The van der Waals surface area contributed by atoms with E-state index in [1.165, 1.54) is 0 Å². The van der Waals surface area contributed by atoms with Crippen molar-refractivity contribution < 1.29 is 33.3 Å². The van der Waals surface area contributed by atoms with Crippen molar-refractivity contribution in [2.24, 2.45) is 11.8 Å². The van der Waals surface area contributed by atoms with E-state index in [1.54, 1.807) is 29.2 Å². The summed E-state index contributed by atoms with van der Waals surface area (Å²) in [6.07, 6.45) is 7.59. The van der Waals surface area contributed by atoms with E-state index in [0.29, 0.717) is 28.7 Å². The summed E-state index contributed by atoms with van der Waals surface area (Å²) in [6.45, 7) is 0.343. The Morgan fingerprint density at radius 3 is 2.38 bits per heavy atom. The lowest BCUT2D eigenvalue weighted by atomic mass is 9.74. The highest BCUT2D eigenvalue weighted by Gasteiger charge is 2.73. The summed E-state index contributed by atoms with van der Waals surface area (Å²) in [5.41, 5.74) is -0.694. The first-order valence-corrected chi connectivity index (χ1v) is 16.5. The van der Waals surface area contributed by atoms with Crippen molar-refractivity contribution >= 4 is 23.4 Å². The minimum absolute atomic E-state index is 0.0420. The Morgan fingerprint density at radius 2 is 1.60 bits per heavy atom. The molecule has 4 aliphatic heterocycles. The quantitative estimate of drug-likeness (QED) is 0.340. The van der Waals surface area contributed by atoms with Crippen molar-refractivity contribution in [2.75, 3.05) is 18.5 Å². The summed E-state index contributed by atoms with van der Waals surface area (Å²) in [5.74, 6) is -0.00292. The van der Waals surface area contributed by atoms with Gasteiger partial charge in [-0.25, -0.2) is 0 Å². The van der Waals surface area contributed by atoms with Crippen molar-refractivity contribution in [3.8, 4) is 23.0 Å². The molecule has 6 atom stereocenters. The molecule has 10 nitrogen and oxygen atoms in total. The van der Waals surface area contributed by atoms with Gasteiger partial charge in [0.2, 0.25) is 17.7 Å². The molecule has 3 amide bonds. The molecule has 0 unspecified atom stereocenters. The van der Waals surface area contributed by atoms with Crippen molar-refractivity contribution in [1.82, 2.24) is 10.2 Å². The van der Waals surface area contributed by atoms with Crippen molar-refractivity contribution in [3.05, 3.63) is 91.0 Å². The third-order valence-corrected chi connectivity index (χ3v) is 9.95. The highest BCUT2D eigenvalue weighted by atomic mass is 16.6. The number of rotatable bonds is 8. The molecule has 3 aromatic carbocycles. The maximum Gasteiger partial charge on any atom is 0.246 e. The molecule has 8 rings (SSSR count). The fourth-order valence-corrected chi connectivity index (χ4v) is 7.82. The van der Waals surface area contributed by atoms with E-state index >= 15 is 0 Å². The minimum Gasteiger partial charge on any atom is -0.486 e. The van der Waals surface area contributed by atoms with Crippen LogP contribution in [0.5, 0.6) is 23.0 Å². The van der Waals surface area contributed by atoms with Crippen LogP contribution in [0.25, 0.3) is 0 Å². The van der Waals surface area contributed by atoms with Crippen molar-refractivity contribution in [1.29, 1.82) is 0 Å². The number of likely N-dealkylation sites (tertiary alicyclic amines) is 1. The van der Waals surface area contributed by atoms with E-state index in [2.05, 4.69) is 10.6 Å². The van der Waals surface area contributed by atoms with Crippen molar-refractivity contribution in [2.45, 2.75) is 62.0 Å². The largest absolute Gasteiger partial charge is 0.486 e. The van der Waals surface area contributed by atoms with Crippen LogP contribution in [0.2, 0.25) is 0 Å². The Labute approximate surface area is 273 Å². The number of hydrogen-bond acceptors (Lipinski definition) is 7. The number of anilines is 1. The third kappa shape index (κ3) is 5.40. The van der Waals surface area contributed by atoms with Gasteiger partial charge in [0.05, 0.1) is 24.5 Å². The lowest BCUT2D eigenvalue weighted by Crippen LogP contribution is -2.58. The molecular formula is C37H37N3O7. The Morgan fingerprint density at radius 1 is 0.872 bits per heavy atom. The summed E-state index contributed by atoms with van der Waals surface area (Å²) in [5, 5.41) is 6.21. The van der Waals surface area contributed by atoms with Gasteiger partial charge in [-0.2, -0.15) is 0 Å². The zero-order valence-electron chi connectivity index (χ0n) is 25.9. The summed E-state index contributed by atoms with van der Waals surface area (Å²) >= 11 is 0. The van der Waals surface area contributed by atoms with Crippen LogP contribution in [0, 0.1) is 11.8 Å². The molecule has 3 fully saturated rings. The fraction of sp³-hybridized carbons (Fsp3) is 0.378. The number of nitrogens with one attached hydrogen (secondary N) is 2. The van der Waals surface area contributed by atoms with Gasteiger partial charge in [0.25, 0.3) is 0 Å². The Bertz CT molecular complexity index is 1690. The second-order valence-corrected chi connectivity index (χ2v) is 13.0. The predicted octanol–water partition coefficient (Wildman–Crippen LogP) is 4.86. The average Bonchev–Trinajstić information content (AvgIpc) is 3.74. The molecule has 47 heavy (non-hydrogen) atoms. The van der Waals surface area contributed by atoms with E-state index in [1.807, 2.05) is 66.7 Å². The molecule has 2 N–H and O–H groups in total. The van der Waals surface area contributed by atoms with Crippen LogP contribution >= 0.6 is 0 Å². The maximum atomic E-state index is 14.4. The van der Waals surface area contributed by atoms with Gasteiger partial charge in [-0.05, 0) is 61.4 Å². The fourth-order valence-electron chi connectivity index (χ4n) is 7.82. The normalized spacial score (nSPS) is 29.0. The first-order chi connectivity index (χ1) is 23.0. The smallest absolute Gasteiger partial charge is 0.246 e. The Kier molecular flexibility index (Phi) is 7.60. The molecule has 1 aliphatic carbocycles. The molecule has 2 bridgehead atoms. The van der Waals surface area contributed by atoms with Crippen LogP contribution in [0.3, 0.4) is 0 Å². The molecular weight excluding hydrogens is 598 g/mol. The SMILES string of the molecule is O=C(Nc1ccc(Oc2ccccc2)cc1)[C@H]1[C@H]2C=C[C@@]3(O2)[C@H]1C(=O)N(C[C@H]1COc2ccccc2O1)[C@@H]3C(=O)NC1CCCCC1. The van der Waals surface area contributed by atoms with Gasteiger partial charge < -0.3 is 34.5 Å². The monoisotopic (exact) mass is 635 g/mol. The van der Waals surface area contributed by atoms with E-state index < -0.39 is 35.7 Å². The number of nitrogens with zero attached hydrogens (tertiary/aromatic N) is 1. The zero-order chi connectivity index (χ0) is 32.0. The van der Waals surface area contributed by atoms with Gasteiger partial charge in [0, 0.05) is 11.7 Å². The second-order valence-electron chi connectivity index (χ2n) is 13.0. The number of hydrogen-bond donors (Lipinski definition) is 2. The molecule has 242 valence electrons. The first-order valence-electron chi connectivity index (χ1n) is 16.5. The first kappa shape index (κ1) is 29.6. The topological polar surface area (TPSA) is 115 Å². The lowest BCUT2D eigenvalue weighted by molar-refractivity contribution is -0.143. The van der Waals surface area contributed by atoms with Gasteiger partial charge in [0.1, 0.15) is 29.7 Å². The van der Waals surface area contributed by atoms with Crippen LogP contribution in [0.1, 0.15) is 32.1 Å². The summed E-state index contributed by atoms with van der Waals surface area (Å²) in [7, 11) is 0. The minimum atomic E-state index is -1.26. The second kappa shape index (κ2) is 12.1. The van der Waals surface area contributed by atoms with Crippen LogP contribution < -0.4 is 24.8 Å². The molecule has 2 saturated heterocycles. The molecule has 5 aliphatic rings. The Balaban J connectivity index is 1.04. The molecule has 0 radical (unpaired) electrons. The lowest BCUT2D eigenvalue weighted by Gasteiger charge is -2.36. The third-order valence-electron chi connectivity index (χ3n) is 9.95. The number of amides is 3. The average molecular weight is 636 g/mol. The van der Waals surface area contributed by atoms with Crippen LogP contribution in [-0.2, 0) is 19.1 Å². The number of ether oxygens (including phenoxy) is 4. The zero-order valence-corrected chi connectivity index (χ0v) is 25.9. The molecule has 1 saturated carbocycles. The van der Waals surface area contributed by atoms with Gasteiger partial charge in [0.15, 0.2) is 17.6 Å². The van der Waals surface area contributed by atoms with Crippen LogP contribution in [-0.4, -0.2) is 65.7 Å². The molecule has 10 heteroatoms. The van der Waals surface area contributed by atoms with Crippen LogP contribution in [0.4, 0.5) is 5.69 Å². The van der Waals surface area contributed by atoms with Crippen LogP contribution in [0.15, 0.2) is 91.0 Å². The molecule has 3 aromatic rings. The molecule has 1 spiro atoms. The highest BCUT2D eigenvalue weighted by molar-refractivity contribution is 6.02. The van der Waals surface area contributed by atoms with E-state index in [9.17, 15) is 14.4 Å². The van der Waals surface area contributed by atoms with Gasteiger partial charge >= 0.3 is 0 Å². The van der Waals surface area contributed by atoms with E-state index in [-0.39, 0.29) is 36.9 Å². The summed E-state index contributed by atoms with van der Waals surface area (Å²) < 4.78 is 24.6. The highest BCUT2D eigenvalue weighted by Crippen LogP contribution is 2.55. The van der Waals surface area contributed by atoms with Gasteiger partial charge in [-0.3, -0.25) is 14.4 Å². The number of carbonyl (C=O) groups is 3. The number of carbonyl (C=O) groups excluding carboxylic acids is 3. The predicted molar refractivity (Wildman–Crippen MR) is 172 cm³/mol. The van der Waals surface area contributed by atoms with E-state index in [0.717, 1.165) is 32.1 Å². The number of para-hydroxylation sites is 3. The van der Waals surface area contributed by atoms with Gasteiger partial charge in [-0.1, -0.05) is 61.7 Å². The standard InChI is InChI=1S/C37H37N3O7/c41-34(38-24-15-17-26(18-16-24)45-25-11-5-2-6-12-25)31-30-19-20-37(47-30)32(31)36(43)40(33(37)35(42)39-23-9-3-1-4-10-23)21-27-22-44-28-13-7-8-14-29(28)46-27/h2,5-8,11-20,23,27,30-33H,1,3-4,9-10,21-22H2,(H,38,41)(H,39,42)/t27-,30+,31-,32+,33+,37+/m0/s1. The number of benzene rings is 3. The maximum absolute atomic E-state index is 14.4. The number of fused-ring (bicyclic) bond motifs is 2. The summed E-state index contributed by atoms with van der Waals surface area (Å²) in [6, 6.07) is 23.0.